The molecule has 2 atom stereocenters. The van der Waals surface area contributed by atoms with Gasteiger partial charge >= 0.3 is 0 Å². The van der Waals surface area contributed by atoms with E-state index in [1.807, 2.05) is 7.05 Å². The monoisotopic (exact) mass is 349 g/mol. The van der Waals surface area contributed by atoms with E-state index in [1.165, 1.54) is 16.7 Å². The van der Waals surface area contributed by atoms with E-state index in [2.05, 4.69) is 53.4 Å². The Morgan fingerprint density at radius 2 is 1.88 bits per heavy atom. The molecule has 1 fully saturated rings. The van der Waals surface area contributed by atoms with Crippen LogP contribution in [0.1, 0.15) is 29.0 Å². The molecule has 0 unspecified atom stereocenters. The molecule has 2 aromatic carbocycles. The minimum absolute atomic E-state index is 0.210. The van der Waals surface area contributed by atoms with Crippen LogP contribution in [0.3, 0.4) is 0 Å². The number of rotatable bonds is 4. The molecule has 2 N–H and O–H groups in total. The van der Waals surface area contributed by atoms with Crippen molar-refractivity contribution in [1.82, 2.24) is 4.90 Å². The van der Waals surface area contributed by atoms with Crippen molar-refractivity contribution in [1.29, 1.82) is 0 Å². The maximum atomic E-state index is 11.9. The third kappa shape index (κ3) is 3.27. The Balaban J connectivity index is 1.49. The SMILES string of the molecule is CN1C(=O)CCc2cc(CN3C[C@@H](CN)[C@H](c4ccccc4)C3)ccc21. The van der Waals surface area contributed by atoms with Crippen LogP contribution in [0, 0.1) is 5.92 Å². The number of likely N-dealkylation sites (tertiary alicyclic amines) is 1. The molecule has 0 aromatic heterocycles. The normalized spacial score (nSPS) is 23.3. The molecule has 2 heterocycles. The number of hydrogen-bond donors (Lipinski definition) is 1. The highest BCUT2D eigenvalue weighted by Crippen LogP contribution is 2.34. The fraction of sp³-hybridized carbons (Fsp3) is 0.409. The zero-order valence-corrected chi connectivity index (χ0v) is 15.4. The minimum Gasteiger partial charge on any atom is -0.330 e. The highest BCUT2D eigenvalue weighted by atomic mass is 16.2. The lowest BCUT2D eigenvalue weighted by Gasteiger charge is -2.26. The van der Waals surface area contributed by atoms with Crippen molar-refractivity contribution in [2.75, 3.05) is 31.6 Å². The smallest absolute Gasteiger partial charge is 0.227 e. The highest BCUT2D eigenvalue weighted by Gasteiger charge is 2.32. The van der Waals surface area contributed by atoms with Gasteiger partial charge < -0.3 is 10.6 Å². The Labute approximate surface area is 155 Å². The summed E-state index contributed by atoms with van der Waals surface area (Å²) in [4.78, 5) is 16.2. The predicted molar refractivity (Wildman–Crippen MR) is 105 cm³/mol. The van der Waals surface area contributed by atoms with Crippen LogP contribution in [0.4, 0.5) is 5.69 Å². The van der Waals surface area contributed by atoms with Gasteiger partial charge in [-0.1, -0.05) is 42.5 Å². The molecule has 2 aliphatic rings. The summed E-state index contributed by atoms with van der Waals surface area (Å²) in [6.45, 7) is 3.78. The zero-order chi connectivity index (χ0) is 18.1. The van der Waals surface area contributed by atoms with Crippen molar-refractivity contribution in [2.45, 2.75) is 25.3 Å². The number of nitrogens with two attached hydrogens (primary N) is 1. The van der Waals surface area contributed by atoms with Gasteiger partial charge in [0.15, 0.2) is 0 Å². The van der Waals surface area contributed by atoms with Gasteiger partial charge in [-0.05, 0) is 41.6 Å². The largest absolute Gasteiger partial charge is 0.330 e. The van der Waals surface area contributed by atoms with Crippen molar-refractivity contribution in [2.24, 2.45) is 11.7 Å². The lowest BCUT2D eigenvalue weighted by atomic mass is 9.89. The first kappa shape index (κ1) is 17.3. The van der Waals surface area contributed by atoms with Crippen molar-refractivity contribution in [3.8, 4) is 0 Å². The number of carbonyl (C=O) groups excluding carboxylic acids is 1. The van der Waals surface area contributed by atoms with E-state index in [9.17, 15) is 4.79 Å². The first-order valence-electron chi connectivity index (χ1n) is 9.51. The number of benzene rings is 2. The van der Waals surface area contributed by atoms with Gasteiger partial charge in [0, 0.05) is 44.7 Å². The molecule has 136 valence electrons. The quantitative estimate of drug-likeness (QED) is 0.923. The van der Waals surface area contributed by atoms with Crippen molar-refractivity contribution in [3.05, 3.63) is 65.2 Å². The van der Waals surface area contributed by atoms with Gasteiger partial charge in [-0.25, -0.2) is 0 Å². The first-order valence-corrected chi connectivity index (χ1v) is 9.51. The van der Waals surface area contributed by atoms with Crippen LogP contribution < -0.4 is 10.6 Å². The van der Waals surface area contributed by atoms with E-state index in [-0.39, 0.29) is 5.91 Å². The van der Waals surface area contributed by atoms with E-state index < -0.39 is 0 Å². The van der Waals surface area contributed by atoms with Crippen molar-refractivity contribution >= 4 is 11.6 Å². The van der Waals surface area contributed by atoms with Gasteiger partial charge in [0.05, 0.1) is 0 Å². The van der Waals surface area contributed by atoms with E-state index >= 15 is 0 Å². The Kier molecular flexibility index (Phi) is 4.79. The van der Waals surface area contributed by atoms with Crippen LogP contribution in [-0.4, -0.2) is 37.5 Å². The van der Waals surface area contributed by atoms with Gasteiger partial charge in [0.1, 0.15) is 0 Å². The van der Waals surface area contributed by atoms with Crippen molar-refractivity contribution < 1.29 is 4.79 Å². The molecule has 4 rings (SSSR count). The minimum atomic E-state index is 0.210. The Bertz CT molecular complexity index is 789. The highest BCUT2D eigenvalue weighted by molar-refractivity contribution is 5.95. The van der Waals surface area contributed by atoms with Gasteiger partial charge in [-0.3, -0.25) is 9.69 Å². The molecule has 1 amide bonds. The molecule has 0 saturated carbocycles. The van der Waals surface area contributed by atoms with Crippen LogP contribution in [0.15, 0.2) is 48.5 Å². The zero-order valence-electron chi connectivity index (χ0n) is 15.4. The number of anilines is 1. The summed E-state index contributed by atoms with van der Waals surface area (Å²) in [5.41, 5.74) is 11.2. The fourth-order valence-corrected chi connectivity index (χ4v) is 4.47. The van der Waals surface area contributed by atoms with Crippen LogP contribution in [-0.2, 0) is 17.8 Å². The summed E-state index contributed by atoms with van der Waals surface area (Å²) in [6, 6.07) is 17.3. The summed E-state index contributed by atoms with van der Waals surface area (Å²) in [6.07, 6.45) is 1.46. The van der Waals surface area contributed by atoms with Gasteiger partial charge in [0.2, 0.25) is 5.91 Å². The molecule has 4 nitrogen and oxygen atoms in total. The molecule has 26 heavy (non-hydrogen) atoms. The lowest BCUT2D eigenvalue weighted by Crippen LogP contribution is -2.31. The van der Waals surface area contributed by atoms with Crippen LogP contribution in [0.25, 0.3) is 0 Å². The molecule has 2 aromatic rings. The van der Waals surface area contributed by atoms with E-state index in [1.54, 1.807) is 4.90 Å². The molecule has 0 bridgehead atoms. The number of hydrogen-bond acceptors (Lipinski definition) is 3. The number of carbonyl (C=O) groups is 1. The van der Waals surface area contributed by atoms with E-state index in [4.69, 9.17) is 5.73 Å². The molecule has 0 spiro atoms. The van der Waals surface area contributed by atoms with Crippen LogP contribution in [0.5, 0.6) is 0 Å². The molecule has 2 aliphatic heterocycles. The van der Waals surface area contributed by atoms with E-state index in [0.29, 0.717) is 18.3 Å². The van der Waals surface area contributed by atoms with Crippen LogP contribution >= 0.6 is 0 Å². The molecule has 0 radical (unpaired) electrons. The molecule has 0 aliphatic carbocycles. The average molecular weight is 349 g/mol. The molecule has 4 heteroatoms. The summed E-state index contributed by atoms with van der Waals surface area (Å²) >= 11 is 0. The molecule has 1 saturated heterocycles. The third-order valence-corrected chi connectivity index (χ3v) is 5.94. The van der Waals surface area contributed by atoms with Gasteiger partial charge in [-0.2, -0.15) is 0 Å². The molecular formula is C22H27N3O. The molecular weight excluding hydrogens is 322 g/mol. The number of nitrogens with zero attached hydrogens (tertiary/aromatic N) is 2. The van der Waals surface area contributed by atoms with Gasteiger partial charge in [0.25, 0.3) is 0 Å². The first-order chi connectivity index (χ1) is 12.7. The summed E-state index contributed by atoms with van der Waals surface area (Å²) in [7, 11) is 1.87. The lowest BCUT2D eigenvalue weighted by molar-refractivity contribution is -0.118. The topological polar surface area (TPSA) is 49.6 Å². The average Bonchev–Trinajstić information content (AvgIpc) is 3.08. The summed E-state index contributed by atoms with van der Waals surface area (Å²) in [5.74, 6) is 1.24. The fourth-order valence-electron chi connectivity index (χ4n) is 4.47. The Hall–Kier alpha value is -2.17. The van der Waals surface area contributed by atoms with Crippen molar-refractivity contribution in [3.63, 3.8) is 0 Å². The Morgan fingerprint density at radius 1 is 1.08 bits per heavy atom. The second-order valence-electron chi connectivity index (χ2n) is 7.62. The van der Waals surface area contributed by atoms with Crippen LogP contribution in [0.2, 0.25) is 0 Å². The second kappa shape index (κ2) is 7.22. The standard InChI is InChI=1S/C22H27N3O/c1-24-21-9-7-16(11-18(21)8-10-22(24)26)13-25-14-19(12-23)20(15-25)17-5-3-2-4-6-17/h2-7,9,11,19-20H,8,10,12-15,23H2,1H3/t19-,20+/m1/s1. The van der Waals surface area contributed by atoms with Gasteiger partial charge in [-0.15, -0.1) is 0 Å². The summed E-state index contributed by atoms with van der Waals surface area (Å²) in [5, 5.41) is 0. The predicted octanol–water partition coefficient (Wildman–Crippen LogP) is 2.77. The third-order valence-electron chi connectivity index (χ3n) is 5.94. The maximum absolute atomic E-state index is 11.9. The number of fused-ring (bicyclic) bond motifs is 1. The number of amides is 1. The summed E-state index contributed by atoms with van der Waals surface area (Å²) < 4.78 is 0. The maximum Gasteiger partial charge on any atom is 0.227 e. The van der Waals surface area contributed by atoms with E-state index in [0.717, 1.165) is 38.3 Å². The Morgan fingerprint density at radius 3 is 2.65 bits per heavy atom. The second-order valence-corrected chi connectivity index (χ2v) is 7.62. The number of aryl methyl sites for hydroxylation is 1.